The largest absolute Gasteiger partial charge is 0.399 e. The second kappa shape index (κ2) is 6.05. The summed E-state index contributed by atoms with van der Waals surface area (Å²) in [5.74, 6) is 0.840. The second-order valence-electron chi connectivity index (χ2n) is 5.66. The third-order valence-corrected chi connectivity index (χ3v) is 4.00. The van der Waals surface area contributed by atoms with Crippen LogP contribution < -0.4 is 5.73 Å². The number of anilines is 1. The van der Waals surface area contributed by atoms with Gasteiger partial charge < -0.3 is 10.7 Å². The molecule has 0 saturated heterocycles. The average Bonchev–Trinajstić information content (AvgIpc) is 3.09. The van der Waals surface area contributed by atoms with Gasteiger partial charge in [-0.3, -0.25) is 0 Å². The molecule has 116 valence electrons. The molecule has 24 heavy (non-hydrogen) atoms. The Balaban J connectivity index is 1.89. The summed E-state index contributed by atoms with van der Waals surface area (Å²) in [6.45, 7) is 0. The van der Waals surface area contributed by atoms with Crippen LogP contribution in [0, 0.1) is 0 Å². The summed E-state index contributed by atoms with van der Waals surface area (Å²) in [5, 5.41) is 0. The quantitative estimate of drug-likeness (QED) is 0.523. The summed E-state index contributed by atoms with van der Waals surface area (Å²) in [6.07, 6.45) is 0. The van der Waals surface area contributed by atoms with Gasteiger partial charge >= 0.3 is 0 Å². The molecule has 0 aliphatic heterocycles. The van der Waals surface area contributed by atoms with Gasteiger partial charge in [-0.25, -0.2) is 4.98 Å². The highest BCUT2D eigenvalue weighted by atomic mass is 14.9. The fraction of sp³-hybridized carbons (Fsp3) is 0. The van der Waals surface area contributed by atoms with Gasteiger partial charge in [-0.1, -0.05) is 60.7 Å². The van der Waals surface area contributed by atoms with E-state index in [1.165, 1.54) is 0 Å². The third-order valence-electron chi connectivity index (χ3n) is 4.00. The molecular formula is C21H17N3. The summed E-state index contributed by atoms with van der Waals surface area (Å²) in [5.41, 5.74) is 11.7. The molecule has 0 aliphatic carbocycles. The standard InChI is InChI=1S/C21H17N3/c22-18-13-11-17(12-14-18)21-23-19(15-7-3-1-4-8-15)20(24-21)16-9-5-2-6-10-16/h1-14H,22H2,(H,23,24). The number of nitrogen functional groups attached to an aromatic ring is 1. The zero-order valence-electron chi connectivity index (χ0n) is 13.1. The van der Waals surface area contributed by atoms with Crippen molar-refractivity contribution in [2.24, 2.45) is 0 Å². The Morgan fingerprint density at radius 2 is 1.21 bits per heavy atom. The third kappa shape index (κ3) is 2.68. The lowest BCUT2D eigenvalue weighted by Crippen LogP contribution is -1.85. The van der Waals surface area contributed by atoms with Crippen LogP contribution in [0.2, 0.25) is 0 Å². The van der Waals surface area contributed by atoms with E-state index < -0.39 is 0 Å². The molecule has 0 radical (unpaired) electrons. The van der Waals surface area contributed by atoms with Crippen molar-refractivity contribution in [1.82, 2.24) is 9.97 Å². The molecule has 1 heterocycles. The summed E-state index contributed by atoms with van der Waals surface area (Å²) < 4.78 is 0. The number of rotatable bonds is 3. The number of aromatic amines is 1. The van der Waals surface area contributed by atoms with Gasteiger partial charge in [0.2, 0.25) is 0 Å². The van der Waals surface area contributed by atoms with E-state index in [0.717, 1.165) is 39.6 Å². The first-order valence-electron chi connectivity index (χ1n) is 7.88. The van der Waals surface area contributed by atoms with Crippen LogP contribution in [0.5, 0.6) is 0 Å². The predicted molar refractivity (Wildman–Crippen MR) is 99.3 cm³/mol. The summed E-state index contributed by atoms with van der Waals surface area (Å²) in [4.78, 5) is 8.34. The Kier molecular flexibility index (Phi) is 3.60. The molecule has 3 heteroatoms. The zero-order chi connectivity index (χ0) is 16.4. The highest BCUT2D eigenvalue weighted by Crippen LogP contribution is 2.32. The molecule has 0 unspecified atom stereocenters. The van der Waals surface area contributed by atoms with E-state index in [1.807, 2.05) is 60.7 Å². The summed E-state index contributed by atoms with van der Waals surface area (Å²) >= 11 is 0. The van der Waals surface area contributed by atoms with Gasteiger partial charge in [0.1, 0.15) is 5.82 Å². The number of nitrogens with one attached hydrogen (secondary N) is 1. The van der Waals surface area contributed by atoms with Crippen molar-refractivity contribution in [1.29, 1.82) is 0 Å². The molecular weight excluding hydrogens is 294 g/mol. The van der Waals surface area contributed by atoms with Crippen LogP contribution in [-0.4, -0.2) is 9.97 Å². The van der Waals surface area contributed by atoms with E-state index >= 15 is 0 Å². The molecule has 0 fully saturated rings. The number of hydrogen-bond acceptors (Lipinski definition) is 2. The highest BCUT2D eigenvalue weighted by molar-refractivity contribution is 5.81. The molecule has 0 atom stereocenters. The smallest absolute Gasteiger partial charge is 0.138 e. The van der Waals surface area contributed by atoms with Gasteiger partial charge in [0, 0.05) is 22.4 Å². The minimum Gasteiger partial charge on any atom is -0.399 e. The lowest BCUT2D eigenvalue weighted by atomic mass is 10.1. The van der Waals surface area contributed by atoms with Crippen LogP contribution >= 0.6 is 0 Å². The van der Waals surface area contributed by atoms with Gasteiger partial charge in [0.25, 0.3) is 0 Å². The second-order valence-corrected chi connectivity index (χ2v) is 5.66. The molecule has 4 aromatic rings. The van der Waals surface area contributed by atoms with Crippen molar-refractivity contribution in [3.63, 3.8) is 0 Å². The molecule has 0 spiro atoms. The number of nitrogens with two attached hydrogens (primary N) is 1. The molecule has 0 saturated carbocycles. The van der Waals surface area contributed by atoms with E-state index in [4.69, 9.17) is 10.7 Å². The number of imidazole rings is 1. The number of nitrogens with zero attached hydrogens (tertiary/aromatic N) is 1. The van der Waals surface area contributed by atoms with Crippen molar-refractivity contribution in [2.75, 3.05) is 5.73 Å². The van der Waals surface area contributed by atoms with Crippen LogP contribution in [0.4, 0.5) is 5.69 Å². The van der Waals surface area contributed by atoms with Crippen LogP contribution in [0.15, 0.2) is 84.9 Å². The van der Waals surface area contributed by atoms with E-state index in [2.05, 4.69) is 29.2 Å². The van der Waals surface area contributed by atoms with Crippen LogP contribution in [-0.2, 0) is 0 Å². The molecule has 0 aliphatic rings. The van der Waals surface area contributed by atoms with Crippen molar-refractivity contribution in [2.45, 2.75) is 0 Å². The monoisotopic (exact) mass is 311 g/mol. The Morgan fingerprint density at radius 3 is 1.83 bits per heavy atom. The topological polar surface area (TPSA) is 54.7 Å². The first kappa shape index (κ1) is 14.3. The molecule has 3 N–H and O–H groups in total. The molecule has 0 amide bonds. The molecule has 3 aromatic carbocycles. The minimum absolute atomic E-state index is 0.747. The van der Waals surface area contributed by atoms with Crippen molar-refractivity contribution < 1.29 is 0 Å². The Labute approximate surface area is 140 Å². The molecule has 0 bridgehead atoms. The lowest BCUT2D eigenvalue weighted by Gasteiger charge is -2.02. The first-order valence-corrected chi connectivity index (χ1v) is 7.88. The van der Waals surface area contributed by atoms with Gasteiger partial charge in [-0.15, -0.1) is 0 Å². The van der Waals surface area contributed by atoms with E-state index in [9.17, 15) is 0 Å². The van der Waals surface area contributed by atoms with E-state index in [-0.39, 0.29) is 0 Å². The fourth-order valence-corrected chi connectivity index (χ4v) is 2.77. The molecule has 1 aromatic heterocycles. The van der Waals surface area contributed by atoms with E-state index in [0.29, 0.717) is 0 Å². The van der Waals surface area contributed by atoms with Crippen LogP contribution in [0.1, 0.15) is 0 Å². The van der Waals surface area contributed by atoms with Crippen molar-refractivity contribution in [3.8, 4) is 33.9 Å². The highest BCUT2D eigenvalue weighted by Gasteiger charge is 2.14. The minimum atomic E-state index is 0.747. The number of hydrogen-bond donors (Lipinski definition) is 2. The maximum atomic E-state index is 5.79. The Hall–Kier alpha value is -3.33. The maximum Gasteiger partial charge on any atom is 0.138 e. The van der Waals surface area contributed by atoms with Crippen LogP contribution in [0.25, 0.3) is 33.9 Å². The van der Waals surface area contributed by atoms with Gasteiger partial charge in [0.15, 0.2) is 0 Å². The van der Waals surface area contributed by atoms with E-state index in [1.54, 1.807) is 0 Å². The molecule has 4 rings (SSSR count). The Morgan fingerprint density at radius 1 is 0.625 bits per heavy atom. The van der Waals surface area contributed by atoms with Crippen molar-refractivity contribution in [3.05, 3.63) is 84.9 Å². The lowest BCUT2D eigenvalue weighted by molar-refractivity contribution is 1.31. The Bertz CT molecular complexity index is 883. The fourth-order valence-electron chi connectivity index (χ4n) is 2.77. The maximum absolute atomic E-state index is 5.79. The predicted octanol–water partition coefficient (Wildman–Crippen LogP) is 4.99. The molecule has 3 nitrogen and oxygen atoms in total. The van der Waals surface area contributed by atoms with Crippen molar-refractivity contribution >= 4 is 5.69 Å². The first-order chi connectivity index (χ1) is 11.8. The summed E-state index contributed by atoms with van der Waals surface area (Å²) in [6, 6.07) is 28.2. The number of benzene rings is 3. The normalized spacial score (nSPS) is 10.7. The number of H-pyrrole nitrogens is 1. The average molecular weight is 311 g/mol. The number of aromatic nitrogens is 2. The van der Waals surface area contributed by atoms with Gasteiger partial charge in [-0.2, -0.15) is 0 Å². The SMILES string of the molecule is Nc1ccc(-c2nc(-c3ccccc3)c(-c3ccccc3)[nH]2)cc1. The zero-order valence-corrected chi connectivity index (χ0v) is 13.1. The van der Waals surface area contributed by atoms with Gasteiger partial charge in [-0.05, 0) is 24.3 Å². The van der Waals surface area contributed by atoms with Gasteiger partial charge in [0.05, 0.1) is 11.4 Å². The van der Waals surface area contributed by atoms with Crippen LogP contribution in [0.3, 0.4) is 0 Å². The summed E-state index contributed by atoms with van der Waals surface area (Å²) in [7, 11) is 0.